The van der Waals surface area contributed by atoms with Crippen molar-refractivity contribution in [1.82, 2.24) is 5.32 Å². The summed E-state index contributed by atoms with van der Waals surface area (Å²) in [5, 5.41) is 5.10. The Balaban J connectivity index is 2.28. The molecule has 0 aliphatic heterocycles. The molecule has 0 spiro atoms. The number of hydrogen-bond donors (Lipinski definition) is 1. The summed E-state index contributed by atoms with van der Waals surface area (Å²) in [7, 11) is 0. The maximum Gasteiger partial charge on any atom is 0.251 e. The maximum absolute atomic E-state index is 12.2. The molecule has 0 radical (unpaired) electrons. The second-order valence-electron chi connectivity index (χ2n) is 5.77. The lowest BCUT2D eigenvalue weighted by molar-refractivity contribution is 0.0941. The summed E-state index contributed by atoms with van der Waals surface area (Å²) in [6, 6.07) is 13.8. The van der Waals surface area contributed by atoms with E-state index in [4.69, 9.17) is 0 Å². The molecule has 0 aromatic heterocycles. The van der Waals surface area contributed by atoms with Crippen molar-refractivity contribution in [2.75, 3.05) is 6.54 Å². The highest BCUT2D eigenvalue weighted by molar-refractivity contribution is 6.06. The first-order valence-corrected chi connectivity index (χ1v) is 6.23. The van der Waals surface area contributed by atoms with Crippen LogP contribution in [0.3, 0.4) is 0 Å². The van der Waals surface area contributed by atoms with E-state index in [-0.39, 0.29) is 11.3 Å². The van der Waals surface area contributed by atoms with Gasteiger partial charge in [0.25, 0.3) is 5.91 Å². The Morgan fingerprint density at radius 3 is 2.44 bits per heavy atom. The van der Waals surface area contributed by atoms with Crippen LogP contribution in [0.25, 0.3) is 10.8 Å². The standard InChI is InChI=1S/C16H19NO/c1-16(2,3)11-17-15(18)14-10-6-8-12-7-4-5-9-13(12)14/h4-10H,11H2,1-3H3,(H,17,18). The average Bonchev–Trinajstić information content (AvgIpc) is 2.34. The van der Waals surface area contributed by atoms with Gasteiger partial charge in [-0.2, -0.15) is 0 Å². The molecule has 18 heavy (non-hydrogen) atoms. The van der Waals surface area contributed by atoms with Crippen LogP contribution >= 0.6 is 0 Å². The first kappa shape index (κ1) is 12.6. The van der Waals surface area contributed by atoms with Gasteiger partial charge >= 0.3 is 0 Å². The van der Waals surface area contributed by atoms with Crippen LogP contribution in [-0.4, -0.2) is 12.5 Å². The molecule has 0 aliphatic rings. The number of benzene rings is 2. The molecule has 0 saturated carbocycles. The van der Waals surface area contributed by atoms with Crippen molar-refractivity contribution in [3.63, 3.8) is 0 Å². The van der Waals surface area contributed by atoms with Crippen LogP contribution in [-0.2, 0) is 0 Å². The summed E-state index contributed by atoms with van der Waals surface area (Å²) in [4.78, 5) is 12.2. The van der Waals surface area contributed by atoms with Crippen molar-refractivity contribution in [1.29, 1.82) is 0 Å². The molecule has 0 bridgehead atoms. The minimum absolute atomic E-state index is 0.00160. The molecule has 0 unspecified atom stereocenters. The summed E-state index contributed by atoms with van der Waals surface area (Å²) < 4.78 is 0. The zero-order valence-electron chi connectivity index (χ0n) is 11.2. The first-order valence-electron chi connectivity index (χ1n) is 6.23. The van der Waals surface area contributed by atoms with E-state index in [0.29, 0.717) is 6.54 Å². The molecule has 2 aromatic rings. The van der Waals surface area contributed by atoms with Gasteiger partial charge in [0.1, 0.15) is 0 Å². The normalized spacial score (nSPS) is 11.5. The van der Waals surface area contributed by atoms with Gasteiger partial charge in [-0.25, -0.2) is 0 Å². The minimum atomic E-state index is 0.00160. The number of carbonyl (C=O) groups is 1. The summed E-state index contributed by atoms with van der Waals surface area (Å²) in [5.74, 6) is 0.00160. The molecule has 2 nitrogen and oxygen atoms in total. The lowest BCUT2D eigenvalue weighted by Crippen LogP contribution is -2.32. The Morgan fingerprint density at radius 2 is 1.72 bits per heavy atom. The molecule has 1 amide bonds. The molecule has 1 N–H and O–H groups in total. The largest absolute Gasteiger partial charge is 0.351 e. The minimum Gasteiger partial charge on any atom is -0.351 e. The van der Waals surface area contributed by atoms with Crippen molar-refractivity contribution < 1.29 is 4.79 Å². The fourth-order valence-electron chi connectivity index (χ4n) is 1.86. The molecule has 0 fully saturated rings. The van der Waals surface area contributed by atoms with Gasteiger partial charge in [-0.1, -0.05) is 57.2 Å². The van der Waals surface area contributed by atoms with E-state index in [1.54, 1.807) is 0 Å². The number of carbonyl (C=O) groups excluding carboxylic acids is 1. The molecule has 2 aromatic carbocycles. The smallest absolute Gasteiger partial charge is 0.251 e. The SMILES string of the molecule is CC(C)(C)CNC(=O)c1cccc2ccccc12. The second kappa shape index (κ2) is 4.81. The van der Waals surface area contributed by atoms with Crippen LogP contribution in [0.1, 0.15) is 31.1 Å². The molecule has 94 valence electrons. The molecule has 2 rings (SSSR count). The Labute approximate surface area is 108 Å². The van der Waals surface area contributed by atoms with E-state index < -0.39 is 0 Å². The summed E-state index contributed by atoms with van der Waals surface area (Å²) in [6.45, 7) is 7.00. The summed E-state index contributed by atoms with van der Waals surface area (Å²) in [5.41, 5.74) is 0.845. The third-order valence-corrected chi connectivity index (χ3v) is 2.81. The maximum atomic E-state index is 12.2. The Hall–Kier alpha value is -1.83. The Morgan fingerprint density at radius 1 is 1.06 bits per heavy atom. The molecular formula is C16H19NO. The lowest BCUT2D eigenvalue weighted by atomic mass is 9.96. The topological polar surface area (TPSA) is 29.1 Å². The highest BCUT2D eigenvalue weighted by atomic mass is 16.1. The first-order chi connectivity index (χ1) is 8.47. The van der Waals surface area contributed by atoms with Crippen LogP contribution in [0, 0.1) is 5.41 Å². The van der Waals surface area contributed by atoms with E-state index in [1.165, 1.54) is 0 Å². The predicted molar refractivity (Wildman–Crippen MR) is 75.7 cm³/mol. The van der Waals surface area contributed by atoms with E-state index in [1.807, 2.05) is 42.5 Å². The van der Waals surface area contributed by atoms with Crippen molar-refractivity contribution in [3.8, 4) is 0 Å². The fraction of sp³-hybridized carbons (Fsp3) is 0.312. The van der Waals surface area contributed by atoms with Crippen LogP contribution in [0.2, 0.25) is 0 Å². The molecule has 0 heterocycles. The lowest BCUT2D eigenvalue weighted by Gasteiger charge is -2.19. The molecular weight excluding hydrogens is 222 g/mol. The molecule has 0 atom stereocenters. The Bertz CT molecular complexity index is 561. The fourth-order valence-corrected chi connectivity index (χ4v) is 1.86. The molecule has 2 heteroatoms. The van der Waals surface area contributed by atoms with Gasteiger partial charge in [-0.3, -0.25) is 4.79 Å². The van der Waals surface area contributed by atoms with Gasteiger partial charge < -0.3 is 5.32 Å². The van der Waals surface area contributed by atoms with Crippen LogP contribution in [0.15, 0.2) is 42.5 Å². The van der Waals surface area contributed by atoms with E-state index >= 15 is 0 Å². The summed E-state index contributed by atoms with van der Waals surface area (Å²) in [6.07, 6.45) is 0. The predicted octanol–water partition coefficient (Wildman–Crippen LogP) is 3.62. The molecule has 0 saturated heterocycles. The number of amides is 1. The van der Waals surface area contributed by atoms with E-state index in [2.05, 4.69) is 26.1 Å². The van der Waals surface area contributed by atoms with E-state index in [0.717, 1.165) is 16.3 Å². The molecule has 0 aliphatic carbocycles. The van der Waals surface area contributed by atoms with E-state index in [9.17, 15) is 4.79 Å². The van der Waals surface area contributed by atoms with Crippen molar-refractivity contribution in [2.45, 2.75) is 20.8 Å². The highest BCUT2D eigenvalue weighted by Crippen LogP contribution is 2.19. The van der Waals surface area contributed by atoms with Crippen LogP contribution in [0.4, 0.5) is 0 Å². The van der Waals surface area contributed by atoms with Gasteiger partial charge in [-0.05, 0) is 22.3 Å². The highest BCUT2D eigenvalue weighted by Gasteiger charge is 2.14. The number of nitrogens with one attached hydrogen (secondary N) is 1. The quantitative estimate of drug-likeness (QED) is 0.855. The van der Waals surface area contributed by atoms with Gasteiger partial charge in [0.15, 0.2) is 0 Å². The zero-order valence-corrected chi connectivity index (χ0v) is 11.2. The second-order valence-corrected chi connectivity index (χ2v) is 5.77. The van der Waals surface area contributed by atoms with Crippen LogP contribution in [0.5, 0.6) is 0 Å². The average molecular weight is 241 g/mol. The number of fused-ring (bicyclic) bond motifs is 1. The number of rotatable bonds is 2. The van der Waals surface area contributed by atoms with Crippen molar-refractivity contribution in [3.05, 3.63) is 48.0 Å². The van der Waals surface area contributed by atoms with Gasteiger partial charge in [0.2, 0.25) is 0 Å². The third kappa shape index (κ3) is 2.89. The van der Waals surface area contributed by atoms with Crippen molar-refractivity contribution in [2.24, 2.45) is 5.41 Å². The monoisotopic (exact) mass is 241 g/mol. The summed E-state index contributed by atoms with van der Waals surface area (Å²) >= 11 is 0. The van der Waals surface area contributed by atoms with Gasteiger partial charge in [-0.15, -0.1) is 0 Å². The Kier molecular flexibility index (Phi) is 3.37. The van der Waals surface area contributed by atoms with Crippen molar-refractivity contribution >= 4 is 16.7 Å². The van der Waals surface area contributed by atoms with Crippen LogP contribution < -0.4 is 5.32 Å². The van der Waals surface area contributed by atoms with Gasteiger partial charge in [0, 0.05) is 12.1 Å². The van der Waals surface area contributed by atoms with Gasteiger partial charge in [0.05, 0.1) is 0 Å². The zero-order chi connectivity index (χ0) is 13.2. The number of hydrogen-bond acceptors (Lipinski definition) is 1. The third-order valence-electron chi connectivity index (χ3n) is 2.81.